The Hall–Kier alpha value is -2.71. The topological polar surface area (TPSA) is 64.5 Å². The first kappa shape index (κ1) is 13.3. The Morgan fingerprint density at radius 3 is 2.71 bits per heavy atom. The Morgan fingerprint density at radius 2 is 2.00 bits per heavy atom. The third-order valence-electron chi connectivity index (χ3n) is 2.91. The minimum Gasteiger partial charge on any atom is -0.360 e. The number of hydrogen-bond acceptors (Lipinski definition) is 4. The average Bonchev–Trinajstić information content (AvgIpc) is 3.03. The van der Waals surface area contributed by atoms with Gasteiger partial charge in [0.05, 0.1) is 5.56 Å². The van der Waals surface area contributed by atoms with Gasteiger partial charge in [0.15, 0.2) is 0 Å². The van der Waals surface area contributed by atoms with Crippen molar-refractivity contribution in [2.75, 3.05) is 4.72 Å². The summed E-state index contributed by atoms with van der Waals surface area (Å²) in [6, 6.07) is 17.8. The molecular formula is C16H12N4S. The number of anilines is 1. The number of nitrogens with zero attached hydrogens (tertiary/aromatic N) is 2. The Labute approximate surface area is 127 Å². The van der Waals surface area contributed by atoms with Crippen LogP contribution in [-0.4, -0.2) is 9.97 Å². The lowest BCUT2D eigenvalue weighted by Crippen LogP contribution is -1.89. The fraction of sp³-hybridized carbons (Fsp3) is 0. The van der Waals surface area contributed by atoms with Crippen molar-refractivity contribution < 1.29 is 0 Å². The molecule has 0 fully saturated rings. The van der Waals surface area contributed by atoms with Gasteiger partial charge in [-0.2, -0.15) is 5.26 Å². The maximum absolute atomic E-state index is 8.73. The van der Waals surface area contributed by atoms with E-state index in [0.717, 1.165) is 22.0 Å². The van der Waals surface area contributed by atoms with E-state index in [1.807, 2.05) is 30.5 Å². The van der Waals surface area contributed by atoms with Gasteiger partial charge in [-0.1, -0.05) is 30.3 Å². The van der Waals surface area contributed by atoms with E-state index >= 15 is 0 Å². The first-order chi connectivity index (χ1) is 10.3. The molecule has 0 spiro atoms. The van der Waals surface area contributed by atoms with Crippen LogP contribution in [0.5, 0.6) is 0 Å². The largest absolute Gasteiger partial charge is 0.360 e. The van der Waals surface area contributed by atoms with Crippen LogP contribution in [-0.2, 0) is 0 Å². The van der Waals surface area contributed by atoms with Crippen molar-refractivity contribution in [2.24, 2.45) is 0 Å². The van der Waals surface area contributed by atoms with Crippen LogP contribution in [0.15, 0.2) is 65.8 Å². The zero-order valence-electron chi connectivity index (χ0n) is 11.1. The number of aromatic amines is 1. The Morgan fingerprint density at radius 1 is 1.14 bits per heavy atom. The van der Waals surface area contributed by atoms with Gasteiger partial charge in [-0.25, -0.2) is 4.98 Å². The first-order valence-corrected chi connectivity index (χ1v) is 7.19. The molecule has 5 heteroatoms. The SMILES string of the molecule is N#Cc1ccc(NSc2c[nH]c(-c3ccccc3)c2)nc1. The van der Waals surface area contributed by atoms with E-state index in [1.54, 1.807) is 18.3 Å². The summed E-state index contributed by atoms with van der Waals surface area (Å²) in [5.41, 5.74) is 2.78. The summed E-state index contributed by atoms with van der Waals surface area (Å²) < 4.78 is 3.15. The molecule has 0 amide bonds. The van der Waals surface area contributed by atoms with Crippen molar-refractivity contribution >= 4 is 17.8 Å². The first-order valence-electron chi connectivity index (χ1n) is 6.38. The molecule has 102 valence electrons. The second kappa shape index (κ2) is 6.16. The number of H-pyrrole nitrogens is 1. The number of rotatable bonds is 4. The van der Waals surface area contributed by atoms with Crippen molar-refractivity contribution in [3.05, 3.63) is 66.5 Å². The van der Waals surface area contributed by atoms with E-state index in [4.69, 9.17) is 5.26 Å². The molecule has 0 saturated carbocycles. The Balaban J connectivity index is 1.66. The smallest absolute Gasteiger partial charge is 0.136 e. The van der Waals surface area contributed by atoms with Crippen LogP contribution in [0.1, 0.15) is 5.56 Å². The van der Waals surface area contributed by atoms with Crippen molar-refractivity contribution in [2.45, 2.75) is 4.90 Å². The molecule has 0 bridgehead atoms. The van der Waals surface area contributed by atoms with Crippen LogP contribution in [0.25, 0.3) is 11.3 Å². The Bertz CT molecular complexity index is 757. The summed E-state index contributed by atoms with van der Waals surface area (Å²) >= 11 is 1.48. The summed E-state index contributed by atoms with van der Waals surface area (Å²) in [6.45, 7) is 0. The highest BCUT2D eigenvalue weighted by Gasteiger charge is 2.03. The van der Waals surface area contributed by atoms with Crippen LogP contribution in [0, 0.1) is 11.3 Å². The lowest BCUT2D eigenvalue weighted by molar-refractivity contribution is 1.31. The molecule has 3 rings (SSSR count). The number of benzene rings is 1. The third kappa shape index (κ3) is 3.25. The molecule has 2 heterocycles. The van der Waals surface area contributed by atoms with Crippen LogP contribution in [0.4, 0.5) is 5.82 Å². The molecule has 1 aromatic carbocycles. The maximum atomic E-state index is 8.73. The van der Waals surface area contributed by atoms with Gasteiger partial charge in [0.1, 0.15) is 11.9 Å². The molecule has 0 aliphatic heterocycles. The molecule has 4 nitrogen and oxygen atoms in total. The molecule has 3 aromatic rings. The molecule has 2 aromatic heterocycles. The van der Waals surface area contributed by atoms with Crippen molar-refractivity contribution in [1.29, 1.82) is 5.26 Å². The predicted molar refractivity (Wildman–Crippen MR) is 84.7 cm³/mol. The highest BCUT2D eigenvalue weighted by Crippen LogP contribution is 2.25. The minimum absolute atomic E-state index is 0.554. The molecule has 2 N–H and O–H groups in total. The predicted octanol–water partition coefficient (Wildman–Crippen LogP) is 4.07. The van der Waals surface area contributed by atoms with E-state index in [9.17, 15) is 0 Å². The second-order valence-electron chi connectivity index (χ2n) is 4.36. The Kier molecular flexibility index (Phi) is 3.90. The normalized spacial score (nSPS) is 10.0. The number of nitriles is 1. The highest BCUT2D eigenvalue weighted by atomic mass is 32.2. The lowest BCUT2D eigenvalue weighted by Gasteiger charge is -2.01. The molecule has 0 radical (unpaired) electrons. The van der Waals surface area contributed by atoms with Crippen LogP contribution in [0.2, 0.25) is 0 Å². The van der Waals surface area contributed by atoms with Crippen LogP contribution < -0.4 is 4.72 Å². The minimum atomic E-state index is 0.554. The maximum Gasteiger partial charge on any atom is 0.136 e. The molecular weight excluding hydrogens is 280 g/mol. The summed E-state index contributed by atoms with van der Waals surface area (Å²) in [7, 11) is 0. The summed E-state index contributed by atoms with van der Waals surface area (Å²) in [5.74, 6) is 0.724. The fourth-order valence-corrected chi connectivity index (χ4v) is 2.49. The quantitative estimate of drug-likeness (QED) is 0.711. The average molecular weight is 292 g/mol. The van der Waals surface area contributed by atoms with Crippen molar-refractivity contribution in [3.8, 4) is 17.3 Å². The van der Waals surface area contributed by atoms with Gasteiger partial charge < -0.3 is 9.71 Å². The van der Waals surface area contributed by atoms with Gasteiger partial charge in [-0.15, -0.1) is 0 Å². The van der Waals surface area contributed by atoms with Gasteiger partial charge in [0.2, 0.25) is 0 Å². The zero-order chi connectivity index (χ0) is 14.5. The number of aromatic nitrogens is 2. The van der Waals surface area contributed by atoms with E-state index in [1.165, 1.54) is 11.9 Å². The highest BCUT2D eigenvalue weighted by molar-refractivity contribution is 8.00. The van der Waals surface area contributed by atoms with Gasteiger partial charge in [0.25, 0.3) is 0 Å². The van der Waals surface area contributed by atoms with Crippen LogP contribution in [0.3, 0.4) is 0 Å². The second-order valence-corrected chi connectivity index (χ2v) is 5.24. The third-order valence-corrected chi connectivity index (χ3v) is 3.69. The van der Waals surface area contributed by atoms with Crippen molar-refractivity contribution in [3.63, 3.8) is 0 Å². The summed E-state index contributed by atoms with van der Waals surface area (Å²) in [5, 5.41) is 8.73. The molecule has 0 aliphatic carbocycles. The van der Waals surface area contributed by atoms with Gasteiger partial charge in [-0.3, -0.25) is 0 Å². The summed E-state index contributed by atoms with van der Waals surface area (Å²) in [6.07, 6.45) is 3.50. The molecule has 0 saturated heterocycles. The number of pyridine rings is 1. The molecule has 21 heavy (non-hydrogen) atoms. The zero-order valence-corrected chi connectivity index (χ0v) is 11.9. The summed E-state index contributed by atoms with van der Waals surface area (Å²) in [4.78, 5) is 8.49. The standard InChI is InChI=1S/C16H12N4S/c17-9-12-6-7-16(19-10-12)20-21-14-8-15(18-11-14)13-4-2-1-3-5-13/h1-8,10-11,18H,(H,19,20). The number of hydrogen-bond donors (Lipinski definition) is 2. The van der Waals surface area contributed by atoms with Crippen molar-refractivity contribution in [1.82, 2.24) is 9.97 Å². The molecule has 0 unspecified atom stereocenters. The fourth-order valence-electron chi connectivity index (χ4n) is 1.85. The van der Waals surface area contributed by atoms with Gasteiger partial charge >= 0.3 is 0 Å². The monoisotopic (exact) mass is 292 g/mol. The van der Waals surface area contributed by atoms with E-state index < -0.39 is 0 Å². The lowest BCUT2D eigenvalue weighted by atomic mass is 10.2. The van der Waals surface area contributed by atoms with E-state index in [-0.39, 0.29) is 0 Å². The molecule has 0 atom stereocenters. The van der Waals surface area contributed by atoms with E-state index in [2.05, 4.69) is 32.9 Å². The van der Waals surface area contributed by atoms with Crippen LogP contribution >= 0.6 is 11.9 Å². The number of nitrogens with one attached hydrogen (secondary N) is 2. The van der Waals surface area contributed by atoms with Gasteiger partial charge in [0, 0.05) is 23.0 Å². The van der Waals surface area contributed by atoms with Gasteiger partial charge in [-0.05, 0) is 35.7 Å². The molecule has 0 aliphatic rings. The van der Waals surface area contributed by atoms with E-state index in [0.29, 0.717) is 5.56 Å².